The molecule has 0 amide bonds. The second-order valence-electron chi connectivity index (χ2n) is 10.1. The summed E-state index contributed by atoms with van der Waals surface area (Å²) in [7, 11) is 5.60. The van der Waals surface area contributed by atoms with Crippen molar-refractivity contribution in [1.29, 1.82) is 0 Å². The minimum atomic E-state index is -1.63. The molecule has 1 heterocycles. The van der Waals surface area contributed by atoms with E-state index in [0.29, 0.717) is 17.5 Å². The van der Waals surface area contributed by atoms with Crippen molar-refractivity contribution in [2.45, 2.75) is 43.0 Å². The summed E-state index contributed by atoms with van der Waals surface area (Å²) in [4.78, 5) is 0. The van der Waals surface area contributed by atoms with Crippen LogP contribution in [0.2, 0.25) is 0 Å². The third kappa shape index (κ3) is 5.58. The predicted molar refractivity (Wildman–Crippen MR) is 142 cm³/mol. The first-order valence-electron chi connectivity index (χ1n) is 13.1. The maximum atomic E-state index is 11.0. The SMILES string of the molecule is COc1cc([C@@H]2c3c(cc(OC)c(O)c3OC)C[C@@H](CO)[C@H]2CO[C@@H]2O[C@H](CO)[C@@H](O)[C@H](O)[C@H]2O)cc(OC)c1O. The average molecular weight is 583 g/mol. The van der Waals surface area contributed by atoms with Gasteiger partial charge in [-0.3, -0.25) is 0 Å². The van der Waals surface area contributed by atoms with Gasteiger partial charge in [-0.15, -0.1) is 0 Å². The molecule has 13 nitrogen and oxygen atoms in total. The third-order valence-corrected chi connectivity index (χ3v) is 7.99. The maximum Gasteiger partial charge on any atom is 0.201 e. The normalized spacial score (nSPS) is 29.5. The number of fused-ring (bicyclic) bond motifs is 1. The number of rotatable bonds is 10. The van der Waals surface area contributed by atoms with Crippen molar-refractivity contribution in [2.24, 2.45) is 11.8 Å². The van der Waals surface area contributed by atoms with E-state index in [1.165, 1.54) is 28.4 Å². The molecular formula is C28H38O13. The van der Waals surface area contributed by atoms with Crippen LogP contribution in [0.1, 0.15) is 22.6 Å². The van der Waals surface area contributed by atoms with Crippen molar-refractivity contribution < 1.29 is 64.2 Å². The summed E-state index contributed by atoms with van der Waals surface area (Å²) >= 11 is 0. The second kappa shape index (κ2) is 12.9. The van der Waals surface area contributed by atoms with Crippen molar-refractivity contribution in [1.82, 2.24) is 0 Å². The fourth-order valence-electron chi connectivity index (χ4n) is 5.83. The zero-order chi connectivity index (χ0) is 30.0. The van der Waals surface area contributed by atoms with Gasteiger partial charge in [0, 0.05) is 18.1 Å². The van der Waals surface area contributed by atoms with Crippen LogP contribution in [-0.2, 0) is 15.9 Å². The van der Waals surface area contributed by atoms with E-state index >= 15 is 0 Å². The van der Waals surface area contributed by atoms with Crippen LogP contribution in [0.4, 0.5) is 0 Å². The first kappa shape index (κ1) is 30.9. The van der Waals surface area contributed by atoms with Crippen molar-refractivity contribution in [3.05, 3.63) is 34.9 Å². The Kier molecular flexibility index (Phi) is 9.70. The van der Waals surface area contributed by atoms with Crippen LogP contribution in [0.15, 0.2) is 18.2 Å². The molecule has 7 N–H and O–H groups in total. The molecule has 4 rings (SSSR count). The lowest BCUT2D eigenvalue weighted by atomic mass is 9.66. The monoisotopic (exact) mass is 582 g/mol. The van der Waals surface area contributed by atoms with E-state index in [1.807, 2.05) is 0 Å². The van der Waals surface area contributed by atoms with Gasteiger partial charge in [0.1, 0.15) is 24.4 Å². The molecular weight excluding hydrogens is 544 g/mol. The first-order chi connectivity index (χ1) is 19.6. The number of benzene rings is 2. The Labute approximate surface area is 237 Å². The average Bonchev–Trinajstić information content (AvgIpc) is 2.98. The molecule has 1 aliphatic heterocycles. The number of aromatic hydroxyl groups is 2. The van der Waals surface area contributed by atoms with E-state index in [4.69, 9.17) is 28.4 Å². The molecule has 0 aromatic heterocycles. The molecule has 228 valence electrons. The summed E-state index contributed by atoms with van der Waals surface area (Å²) in [5.74, 6) is -1.51. The number of hydrogen-bond acceptors (Lipinski definition) is 13. The molecule has 1 fully saturated rings. The molecule has 0 bridgehead atoms. The molecule has 2 aromatic rings. The molecule has 1 saturated heterocycles. The van der Waals surface area contributed by atoms with Crippen molar-refractivity contribution in [2.75, 3.05) is 48.3 Å². The number of ether oxygens (including phenoxy) is 6. The molecule has 8 atom stereocenters. The van der Waals surface area contributed by atoms with Gasteiger partial charge >= 0.3 is 0 Å². The number of aliphatic hydroxyl groups excluding tert-OH is 5. The van der Waals surface area contributed by atoms with Crippen molar-refractivity contribution in [3.63, 3.8) is 0 Å². The molecule has 13 heteroatoms. The third-order valence-electron chi connectivity index (χ3n) is 7.99. The Bertz CT molecular complexity index is 1180. The largest absolute Gasteiger partial charge is 0.502 e. The van der Waals surface area contributed by atoms with E-state index in [1.54, 1.807) is 18.2 Å². The fraction of sp³-hybridized carbons (Fsp3) is 0.571. The highest BCUT2D eigenvalue weighted by Crippen LogP contribution is 2.54. The van der Waals surface area contributed by atoms with Gasteiger partial charge in [0.25, 0.3) is 0 Å². The van der Waals surface area contributed by atoms with Crippen molar-refractivity contribution in [3.8, 4) is 34.5 Å². The van der Waals surface area contributed by atoms with Crippen molar-refractivity contribution >= 4 is 0 Å². The van der Waals surface area contributed by atoms with Crippen LogP contribution in [0.25, 0.3) is 0 Å². The Hall–Kier alpha value is -3.04. The quantitative estimate of drug-likeness (QED) is 0.196. The van der Waals surface area contributed by atoms with E-state index in [2.05, 4.69) is 0 Å². The highest BCUT2D eigenvalue weighted by atomic mass is 16.7. The zero-order valence-corrected chi connectivity index (χ0v) is 23.3. The highest BCUT2D eigenvalue weighted by Gasteiger charge is 2.46. The molecule has 1 aliphatic carbocycles. The molecule has 2 aliphatic rings. The Balaban J connectivity index is 1.85. The summed E-state index contributed by atoms with van der Waals surface area (Å²) in [6.45, 7) is -1.02. The van der Waals surface area contributed by atoms with Gasteiger partial charge in [0.15, 0.2) is 29.3 Å². The Morgan fingerprint density at radius 3 is 1.93 bits per heavy atom. The van der Waals surface area contributed by atoms with Crippen LogP contribution in [0.5, 0.6) is 34.5 Å². The maximum absolute atomic E-state index is 11.0. The van der Waals surface area contributed by atoms with Gasteiger partial charge in [0.05, 0.1) is 41.7 Å². The molecule has 0 radical (unpaired) electrons. The smallest absolute Gasteiger partial charge is 0.201 e. The fourth-order valence-corrected chi connectivity index (χ4v) is 5.83. The zero-order valence-electron chi connectivity index (χ0n) is 23.3. The molecule has 0 unspecified atom stereocenters. The first-order valence-corrected chi connectivity index (χ1v) is 13.1. The number of aliphatic hydroxyl groups is 5. The highest BCUT2D eigenvalue weighted by molar-refractivity contribution is 5.64. The number of phenolic OH excluding ortho intramolecular Hbond substituents is 2. The van der Waals surface area contributed by atoms with Crippen LogP contribution in [0.3, 0.4) is 0 Å². The lowest BCUT2D eigenvalue weighted by Crippen LogP contribution is -2.59. The van der Waals surface area contributed by atoms with Gasteiger partial charge in [-0.05, 0) is 47.6 Å². The Morgan fingerprint density at radius 2 is 1.39 bits per heavy atom. The summed E-state index contributed by atoms with van der Waals surface area (Å²) in [6, 6.07) is 4.88. The van der Waals surface area contributed by atoms with Gasteiger partial charge < -0.3 is 64.2 Å². The molecule has 0 saturated carbocycles. The van der Waals surface area contributed by atoms with E-state index in [0.717, 1.165) is 5.56 Å². The summed E-state index contributed by atoms with van der Waals surface area (Å²) in [5, 5.41) is 72.6. The second-order valence-corrected chi connectivity index (χ2v) is 10.1. The minimum absolute atomic E-state index is 0.123. The lowest BCUT2D eigenvalue weighted by Gasteiger charge is -2.43. The molecule has 41 heavy (non-hydrogen) atoms. The molecule has 2 aromatic carbocycles. The van der Waals surface area contributed by atoms with Gasteiger partial charge in [-0.1, -0.05) is 0 Å². The molecule has 0 spiro atoms. The number of methoxy groups -OCH3 is 4. The van der Waals surface area contributed by atoms with E-state index in [-0.39, 0.29) is 47.7 Å². The van der Waals surface area contributed by atoms with Crippen LogP contribution in [-0.4, -0.2) is 115 Å². The van der Waals surface area contributed by atoms with Gasteiger partial charge in [-0.25, -0.2) is 0 Å². The standard InChI is InChI=1S/C28H38O13/c1-36-16-7-13(8-17(37-2)22(16)31)20-15(11-40-28-26(35)25(34)23(32)19(10-30)41-28)14(9-29)5-12-6-18(38-3)24(33)27(39-4)21(12)20/h6-8,14-15,19-20,23,25-26,28-35H,5,9-11H2,1-4H3/t14-,15+,19+,20-,23+,25-,26+,28+/m0/s1. The van der Waals surface area contributed by atoms with E-state index in [9.17, 15) is 35.7 Å². The summed E-state index contributed by atoms with van der Waals surface area (Å²) in [5.41, 5.74) is 1.88. The van der Waals surface area contributed by atoms with Crippen LogP contribution < -0.4 is 18.9 Å². The number of phenols is 2. The summed E-state index contributed by atoms with van der Waals surface area (Å²) < 4.78 is 33.3. The predicted octanol–water partition coefficient (Wildman–Crippen LogP) is -0.139. The summed E-state index contributed by atoms with van der Waals surface area (Å²) in [6.07, 6.45) is -7.02. The topological polar surface area (TPSA) is 197 Å². The number of hydrogen-bond donors (Lipinski definition) is 7. The lowest BCUT2D eigenvalue weighted by molar-refractivity contribution is -0.304. The van der Waals surface area contributed by atoms with Crippen LogP contribution in [0, 0.1) is 11.8 Å². The van der Waals surface area contributed by atoms with Gasteiger partial charge in [-0.2, -0.15) is 0 Å². The van der Waals surface area contributed by atoms with Crippen LogP contribution >= 0.6 is 0 Å². The van der Waals surface area contributed by atoms with Gasteiger partial charge in [0.2, 0.25) is 11.5 Å². The Morgan fingerprint density at radius 1 is 0.780 bits per heavy atom. The minimum Gasteiger partial charge on any atom is -0.502 e. The van der Waals surface area contributed by atoms with E-state index < -0.39 is 55.1 Å².